The van der Waals surface area contributed by atoms with Crippen LogP contribution in [-0.4, -0.2) is 36.1 Å². The van der Waals surface area contributed by atoms with Gasteiger partial charge in [-0.1, -0.05) is 19.1 Å². The fourth-order valence-electron chi connectivity index (χ4n) is 2.01. The second-order valence-electron chi connectivity index (χ2n) is 5.04. The predicted octanol–water partition coefficient (Wildman–Crippen LogP) is 2.74. The van der Waals surface area contributed by atoms with Gasteiger partial charge in [-0.25, -0.2) is 9.97 Å². The number of aryl methyl sites for hydroxylation is 1. The third kappa shape index (κ3) is 5.34. The summed E-state index contributed by atoms with van der Waals surface area (Å²) in [7, 11) is 1.66. The number of methoxy groups -OCH3 is 1. The lowest BCUT2D eigenvalue weighted by Gasteiger charge is -2.08. The smallest absolute Gasteiger partial charge is 0.274 e. The molecule has 1 aromatic carbocycles. The maximum atomic E-state index is 12.2. The van der Waals surface area contributed by atoms with Gasteiger partial charge in [0.1, 0.15) is 5.69 Å². The molecule has 122 valence electrons. The van der Waals surface area contributed by atoms with E-state index in [-0.39, 0.29) is 5.91 Å². The number of carbonyl (C=O) groups is 1. The molecule has 0 bridgehead atoms. The predicted molar refractivity (Wildman–Crippen MR) is 90.8 cm³/mol. The van der Waals surface area contributed by atoms with Crippen molar-refractivity contribution in [2.45, 2.75) is 19.8 Å². The fraction of sp³-hybridized carbons (Fsp3) is 0.353. The maximum absolute atomic E-state index is 12.2. The molecule has 1 amide bonds. The van der Waals surface area contributed by atoms with Crippen molar-refractivity contribution in [1.29, 1.82) is 0 Å². The first kappa shape index (κ1) is 16.9. The Morgan fingerprint density at radius 2 is 2.00 bits per heavy atom. The Hall–Kier alpha value is -2.47. The van der Waals surface area contributed by atoms with E-state index in [4.69, 9.17) is 4.74 Å². The molecule has 0 spiro atoms. The van der Waals surface area contributed by atoms with Crippen molar-refractivity contribution in [3.05, 3.63) is 47.8 Å². The number of nitrogens with one attached hydrogen (secondary N) is 2. The molecule has 0 radical (unpaired) electrons. The van der Waals surface area contributed by atoms with Crippen LogP contribution in [0.15, 0.2) is 36.5 Å². The minimum atomic E-state index is -0.253. The van der Waals surface area contributed by atoms with Gasteiger partial charge in [0.25, 0.3) is 5.91 Å². The molecule has 6 heteroatoms. The summed E-state index contributed by atoms with van der Waals surface area (Å²) in [6, 6.07) is 9.37. The van der Waals surface area contributed by atoms with Gasteiger partial charge >= 0.3 is 0 Å². The Morgan fingerprint density at radius 3 is 2.70 bits per heavy atom. The SMILES string of the molecule is CCc1ccc(NC(=O)c2ccnc(NCCCOC)n2)cc1. The summed E-state index contributed by atoms with van der Waals surface area (Å²) in [5.74, 6) is 0.187. The van der Waals surface area contributed by atoms with Gasteiger partial charge in [-0.3, -0.25) is 4.79 Å². The number of ether oxygens (including phenoxy) is 1. The average Bonchev–Trinajstić information content (AvgIpc) is 2.60. The second kappa shape index (κ2) is 8.85. The molecule has 1 heterocycles. The highest BCUT2D eigenvalue weighted by molar-refractivity contribution is 6.02. The molecular weight excluding hydrogens is 292 g/mol. The zero-order chi connectivity index (χ0) is 16.5. The van der Waals surface area contributed by atoms with Gasteiger partial charge in [0.2, 0.25) is 5.95 Å². The van der Waals surface area contributed by atoms with Crippen LogP contribution < -0.4 is 10.6 Å². The van der Waals surface area contributed by atoms with Gasteiger partial charge in [-0.15, -0.1) is 0 Å². The van der Waals surface area contributed by atoms with Crippen LogP contribution in [-0.2, 0) is 11.2 Å². The van der Waals surface area contributed by atoms with E-state index in [1.807, 2.05) is 24.3 Å². The van der Waals surface area contributed by atoms with Gasteiger partial charge in [0, 0.05) is 32.1 Å². The van der Waals surface area contributed by atoms with Crippen molar-refractivity contribution in [2.75, 3.05) is 30.9 Å². The molecule has 23 heavy (non-hydrogen) atoms. The molecule has 1 aromatic heterocycles. The zero-order valence-corrected chi connectivity index (χ0v) is 13.5. The number of aromatic nitrogens is 2. The van der Waals surface area contributed by atoms with E-state index in [1.54, 1.807) is 19.4 Å². The first-order valence-electron chi connectivity index (χ1n) is 7.69. The molecule has 0 aliphatic carbocycles. The van der Waals surface area contributed by atoms with Crippen molar-refractivity contribution < 1.29 is 9.53 Å². The van der Waals surface area contributed by atoms with Gasteiger partial charge in [-0.2, -0.15) is 0 Å². The molecule has 0 fully saturated rings. The molecule has 0 unspecified atom stereocenters. The lowest BCUT2D eigenvalue weighted by Crippen LogP contribution is -2.16. The van der Waals surface area contributed by atoms with Crippen molar-refractivity contribution in [2.24, 2.45) is 0 Å². The van der Waals surface area contributed by atoms with Crippen LogP contribution in [0, 0.1) is 0 Å². The van der Waals surface area contributed by atoms with E-state index >= 15 is 0 Å². The third-order valence-corrected chi connectivity index (χ3v) is 3.32. The van der Waals surface area contributed by atoms with Gasteiger partial charge < -0.3 is 15.4 Å². The number of amides is 1. The van der Waals surface area contributed by atoms with Crippen LogP contribution in [0.5, 0.6) is 0 Å². The Balaban J connectivity index is 1.95. The van der Waals surface area contributed by atoms with E-state index < -0.39 is 0 Å². The molecule has 0 aliphatic rings. The number of rotatable bonds is 8. The number of anilines is 2. The summed E-state index contributed by atoms with van der Waals surface area (Å²) in [5.41, 5.74) is 2.31. The van der Waals surface area contributed by atoms with E-state index in [2.05, 4.69) is 27.5 Å². The molecule has 2 rings (SSSR count). The normalized spacial score (nSPS) is 10.3. The first-order valence-corrected chi connectivity index (χ1v) is 7.69. The van der Waals surface area contributed by atoms with Crippen LogP contribution in [0.4, 0.5) is 11.6 Å². The summed E-state index contributed by atoms with van der Waals surface area (Å²) in [5, 5.41) is 5.91. The standard InChI is InChI=1S/C17H22N4O2/c1-3-13-5-7-14(8-6-13)20-16(22)15-9-11-19-17(21-15)18-10-4-12-23-2/h5-9,11H,3-4,10,12H2,1-2H3,(H,20,22)(H,18,19,21). The van der Waals surface area contributed by atoms with Crippen LogP contribution in [0.25, 0.3) is 0 Å². The summed E-state index contributed by atoms with van der Waals surface area (Å²) in [4.78, 5) is 20.6. The molecule has 0 saturated heterocycles. The van der Waals surface area contributed by atoms with Gasteiger partial charge in [0.05, 0.1) is 0 Å². The van der Waals surface area contributed by atoms with Crippen LogP contribution in [0.3, 0.4) is 0 Å². The molecule has 2 aromatic rings. The molecule has 0 aliphatic heterocycles. The van der Waals surface area contributed by atoms with E-state index in [1.165, 1.54) is 5.56 Å². The molecule has 0 saturated carbocycles. The van der Waals surface area contributed by atoms with Crippen molar-refractivity contribution in [3.63, 3.8) is 0 Å². The van der Waals surface area contributed by atoms with Crippen molar-refractivity contribution >= 4 is 17.5 Å². The lowest BCUT2D eigenvalue weighted by molar-refractivity contribution is 0.102. The largest absolute Gasteiger partial charge is 0.385 e. The summed E-state index contributed by atoms with van der Waals surface area (Å²) in [6.07, 6.45) is 3.39. The highest BCUT2D eigenvalue weighted by atomic mass is 16.5. The lowest BCUT2D eigenvalue weighted by atomic mass is 10.1. The number of carbonyl (C=O) groups excluding carboxylic acids is 1. The zero-order valence-electron chi connectivity index (χ0n) is 13.5. The highest BCUT2D eigenvalue weighted by Crippen LogP contribution is 2.11. The van der Waals surface area contributed by atoms with Gasteiger partial charge in [0.15, 0.2) is 0 Å². The van der Waals surface area contributed by atoms with Crippen LogP contribution in [0.2, 0.25) is 0 Å². The maximum Gasteiger partial charge on any atom is 0.274 e. The van der Waals surface area contributed by atoms with Crippen LogP contribution >= 0.6 is 0 Å². The van der Waals surface area contributed by atoms with Crippen molar-refractivity contribution in [1.82, 2.24) is 9.97 Å². The third-order valence-electron chi connectivity index (χ3n) is 3.32. The second-order valence-corrected chi connectivity index (χ2v) is 5.04. The highest BCUT2D eigenvalue weighted by Gasteiger charge is 2.09. The minimum Gasteiger partial charge on any atom is -0.385 e. The number of hydrogen-bond acceptors (Lipinski definition) is 5. The Kier molecular flexibility index (Phi) is 6.50. The Labute approximate surface area is 136 Å². The number of benzene rings is 1. The van der Waals surface area contributed by atoms with Crippen molar-refractivity contribution in [3.8, 4) is 0 Å². The average molecular weight is 314 g/mol. The Morgan fingerprint density at radius 1 is 1.22 bits per heavy atom. The summed E-state index contributed by atoms with van der Waals surface area (Å²) < 4.78 is 4.98. The topological polar surface area (TPSA) is 76.1 Å². The quantitative estimate of drug-likeness (QED) is 0.733. The summed E-state index contributed by atoms with van der Waals surface area (Å²) in [6.45, 7) is 3.45. The molecular formula is C17H22N4O2. The summed E-state index contributed by atoms with van der Waals surface area (Å²) >= 11 is 0. The fourth-order valence-corrected chi connectivity index (χ4v) is 2.01. The van der Waals surface area contributed by atoms with E-state index in [0.717, 1.165) is 18.5 Å². The molecule has 6 nitrogen and oxygen atoms in total. The van der Waals surface area contributed by atoms with Crippen LogP contribution in [0.1, 0.15) is 29.4 Å². The number of nitrogens with zero attached hydrogens (tertiary/aromatic N) is 2. The monoisotopic (exact) mass is 314 g/mol. The van der Waals surface area contributed by atoms with Gasteiger partial charge in [-0.05, 0) is 36.6 Å². The minimum absolute atomic E-state index is 0.253. The van der Waals surface area contributed by atoms with E-state index in [9.17, 15) is 4.79 Å². The molecule has 0 atom stereocenters. The van der Waals surface area contributed by atoms with E-state index in [0.29, 0.717) is 24.8 Å². The molecule has 2 N–H and O–H groups in total. The first-order chi connectivity index (χ1) is 11.2. The number of hydrogen-bond donors (Lipinski definition) is 2. The Bertz CT molecular complexity index is 629.